The van der Waals surface area contributed by atoms with Crippen molar-refractivity contribution in [3.05, 3.63) is 145 Å². The van der Waals surface area contributed by atoms with Gasteiger partial charge in [0.05, 0.1) is 51.6 Å². The van der Waals surface area contributed by atoms with Gasteiger partial charge in [-0.3, -0.25) is 47.9 Å². The molecule has 0 aliphatic rings. The third-order valence-corrected chi connectivity index (χ3v) is 11.5. The zero-order chi connectivity index (χ0) is 61.1. The lowest BCUT2D eigenvalue weighted by atomic mass is 9.97. The van der Waals surface area contributed by atoms with Gasteiger partial charge in [-0.05, 0) is 46.8 Å². The number of aromatic nitrogens is 5. The lowest BCUT2D eigenvalue weighted by Crippen LogP contribution is -2.58. The summed E-state index contributed by atoms with van der Waals surface area (Å²) in [5.74, 6) is -10.6. The molecule has 0 bridgehead atoms. The summed E-state index contributed by atoms with van der Waals surface area (Å²) in [5.41, 5.74) is -0.0715. The fraction of sp³-hybridized carbons (Fsp3) is 0.196. The van der Waals surface area contributed by atoms with Crippen molar-refractivity contribution in [3.8, 4) is 22.0 Å². The number of allylic oxidation sites excluding steroid dienone is 1. The highest BCUT2D eigenvalue weighted by Crippen LogP contribution is 2.32. The van der Waals surface area contributed by atoms with Crippen molar-refractivity contribution >= 4 is 87.5 Å². The second kappa shape index (κ2) is 26.2. The molecule has 3 atom stereocenters. The second-order valence-corrected chi connectivity index (χ2v) is 18.5. The number of nitrogens with one attached hydrogen (secondary N) is 9. The second-order valence-electron chi connectivity index (χ2n) is 17.6. The van der Waals surface area contributed by atoms with E-state index in [4.69, 9.17) is 19.0 Å². The molecular weight excluding hydrogens is 1090 g/mol. The van der Waals surface area contributed by atoms with Crippen LogP contribution in [0, 0.1) is 6.92 Å². The maximum absolute atomic E-state index is 13.6. The summed E-state index contributed by atoms with van der Waals surface area (Å²) in [7, 11) is 0. The van der Waals surface area contributed by atoms with E-state index in [1.54, 1.807) is 5.38 Å². The first-order valence-corrected chi connectivity index (χ1v) is 24.4. The smallest absolute Gasteiger partial charge is 0.278 e. The Kier molecular flexibility index (Phi) is 19.9. The van der Waals surface area contributed by atoms with Crippen molar-refractivity contribution < 1.29 is 71.4 Å². The SMILES string of the molecule is C=C(NC(=O)C(=C)NC(=O)c1ccc(-c2nccs2)c(-c2coc(C(=C)NC(=O)C(=C)NC(=O)c3nc(C(=C)NC(=O)[C@@H](NC(=O)C(=C)NC(=O)c4coc(/C(=C/C)NC(=O)[C@@H](NC(C)=O)[C@@H](C)O)n4)C(C)(C)O)oc3C)n2)n1)C(N)=O. The van der Waals surface area contributed by atoms with Gasteiger partial charge in [-0.1, -0.05) is 45.5 Å². The molecule has 0 saturated heterocycles. The van der Waals surface area contributed by atoms with E-state index in [2.05, 4.69) is 112 Å². The summed E-state index contributed by atoms with van der Waals surface area (Å²) >= 11 is 1.24. The number of pyridine rings is 1. The molecule has 13 N–H and O–H groups in total. The molecular formula is C51H53N15O15S. The van der Waals surface area contributed by atoms with E-state index < -0.39 is 123 Å². The largest absolute Gasteiger partial charge is 0.443 e. The number of nitrogens with zero attached hydrogens (tertiary/aromatic N) is 5. The molecule has 0 saturated carbocycles. The van der Waals surface area contributed by atoms with Crippen molar-refractivity contribution in [3.63, 3.8) is 0 Å². The quantitative estimate of drug-likeness (QED) is 0.0347. The van der Waals surface area contributed by atoms with E-state index in [-0.39, 0.29) is 51.7 Å². The van der Waals surface area contributed by atoms with Gasteiger partial charge in [-0.15, -0.1) is 11.3 Å². The summed E-state index contributed by atoms with van der Waals surface area (Å²) in [6.45, 7) is 29.0. The normalized spacial score (nSPS) is 12.2. The van der Waals surface area contributed by atoms with Crippen LogP contribution in [0.2, 0.25) is 0 Å². The highest BCUT2D eigenvalue weighted by atomic mass is 32.1. The minimum Gasteiger partial charge on any atom is -0.443 e. The van der Waals surface area contributed by atoms with Gasteiger partial charge in [0.2, 0.25) is 35.4 Å². The van der Waals surface area contributed by atoms with Crippen LogP contribution in [0.15, 0.2) is 118 Å². The fourth-order valence-corrected chi connectivity index (χ4v) is 7.18. The molecule has 0 radical (unpaired) electrons. The predicted molar refractivity (Wildman–Crippen MR) is 289 cm³/mol. The fourth-order valence-electron chi connectivity index (χ4n) is 6.52. The van der Waals surface area contributed by atoms with Crippen LogP contribution < -0.4 is 53.6 Å². The molecule has 0 fully saturated rings. The number of primary amides is 1. The molecule has 0 aromatic carbocycles. The summed E-state index contributed by atoms with van der Waals surface area (Å²) in [5, 5.41) is 43.6. The maximum atomic E-state index is 13.6. The number of thiazole rings is 1. The van der Waals surface area contributed by atoms with E-state index in [0.717, 1.165) is 19.5 Å². The highest BCUT2D eigenvalue weighted by Gasteiger charge is 2.37. The van der Waals surface area contributed by atoms with Crippen LogP contribution in [-0.4, -0.2) is 118 Å². The third-order valence-electron chi connectivity index (χ3n) is 10.7. The van der Waals surface area contributed by atoms with Crippen LogP contribution in [-0.2, 0) is 33.6 Å². The molecule has 5 aromatic heterocycles. The van der Waals surface area contributed by atoms with Crippen LogP contribution in [0.25, 0.3) is 39.1 Å². The summed E-state index contributed by atoms with van der Waals surface area (Å²) in [6, 6.07) is -0.261. The first-order valence-electron chi connectivity index (χ1n) is 23.5. The van der Waals surface area contributed by atoms with Gasteiger partial charge in [-0.25, -0.2) is 24.9 Å². The van der Waals surface area contributed by atoms with Crippen molar-refractivity contribution in [1.29, 1.82) is 0 Å². The lowest BCUT2D eigenvalue weighted by Gasteiger charge is -2.29. The highest BCUT2D eigenvalue weighted by molar-refractivity contribution is 7.13. The number of nitrogens with two attached hydrogens (primary N) is 1. The van der Waals surface area contributed by atoms with E-state index in [0.29, 0.717) is 10.6 Å². The Hall–Kier alpha value is -10.8. The molecule has 0 aliphatic heterocycles. The van der Waals surface area contributed by atoms with Crippen molar-refractivity contribution in [2.75, 3.05) is 0 Å². The van der Waals surface area contributed by atoms with Crippen molar-refractivity contribution in [1.82, 2.24) is 72.8 Å². The van der Waals surface area contributed by atoms with Gasteiger partial charge in [0.1, 0.15) is 52.5 Å². The predicted octanol–water partition coefficient (Wildman–Crippen LogP) is 0.183. The summed E-state index contributed by atoms with van der Waals surface area (Å²) in [4.78, 5) is 149. The molecule has 0 spiro atoms. The Bertz CT molecular complexity index is 3540. The number of oxazole rings is 3. The molecule has 10 amide bonds. The number of carbonyl (C=O) groups excluding carboxylic acids is 10. The zero-order valence-electron chi connectivity index (χ0n) is 44.4. The number of rotatable bonds is 25. The molecule has 0 unspecified atom stereocenters. The van der Waals surface area contributed by atoms with Crippen molar-refractivity contribution in [2.24, 2.45) is 5.73 Å². The Balaban J connectivity index is 1.18. The molecule has 5 heterocycles. The molecule has 82 heavy (non-hydrogen) atoms. The minimum absolute atomic E-state index is 0.0389. The topological polar surface area (TPSA) is 449 Å². The first-order chi connectivity index (χ1) is 38.4. The monoisotopic (exact) mass is 1150 g/mol. The first kappa shape index (κ1) is 62.1. The Morgan fingerprint density at radius 1 is 0.695 bits per heavy atom. The number of carbonyl (C=O) groups is 10. The summed E-state index contributed by atoms with van der Waals surface area (Å²) < 4.78 is 16.5. The Labute approximate surface area is 468 Å². The van der Waals surface area contributed by atoms with Crippen LogP contribution in [0.4, 0.5) is 0 Å². The van der Waals surface area contributed by atoms with Crippen LogP contribution >= 0.6 is 11.3 Å². The third kappa shape index (κ3) is 15.7. The van der Waals surface area contributed by atoms with E-state index in [1.807, 2.05) is 0 Å². The number of hydrogen-bond donors (Lipinski definition) is 12. The molecule has 31 heteroatoms. The van der Waals surface area contributed by atoms with E-state index >= 15 is 0 Å². The van der Waals surface area contributed by atoms with Gasteiger partial charge in [-0.2, -0.15) is 0 Å². The number of amides is 10. The van der Waals surface area contributed by atoms with Gasteiger partial charge in [0, 0.05) is 24.1 Å². The van der Waals surface area contributed by atoms with E-state index in [1.165, 1.54) is 70.4 Å². The van der Waals surface area contributed by atoms with E-state index in [9.17, 15) is 58.2 Å². The molecule has 5 rings (SSSR count). The van der Waals surface area contributed by atoms with Crippen LogP contribution in [0.5, 0.6) is 0 Å². The number of aliphatic hydroxyl groups is 2. The minimum atomic E-state index is -1.99. The van der Waals surface area contributed by atoms with Gasteiger partial charge >= 0.3 is 0 Å². The molecule has 428 valence electrons. The zero-order valence-corrected chi connectivity index (χ0v) is 45.3. The van der Waals surface area contributed by atoms with Crippen molar-refractivity contribution in [2.45, 2.75) is 65.3 Å². The number of aryl methyl sites for hydroxylation is 1. The standard InChI is InChI=1S/C51H53N15O15S/c1-13-30(62-44(75)34(26(8)67)60-28(10)68)49-64-33(19-80-49)43(74)56-23(5)41(72)66-37(51(11,12)78)46(77)59-25(7)48-65-35(27(9)81-48)45(76)57-22(4)40(71)58-24(6)47-63-32(18-79-47)36-29(50-53-16-17-82-50)14-15-31(61-36)42(73)55-21(3)39(70)54-20(2)38(52)69/h13-19,26,34,37,67,78H,2-7H2,1,8-12H3,(H2,52,69)(H,54,70)(H,55,73)(H,56,74)(H,57,76)(H,58,71)(H,59,77)(H,60,68)(H,62,75)(H,66,72)/b30-13-/t26-,34+,37-/m1/s1. The van der Waals surface area contributed by atoms with Gasteiger partial charge in [0.15, 0.2) is 11.4 Å². The van der Waals surface area contributed by atoms with Gasteiger partial charge in [0.25, 0.3) is 41.4 Å². The molecule has 5 aromatic rings. The maximum Gasteiger partial charge on any atom is 0.278 e. The Morgan fingerprint density at radius 3 is 1.88 bits per heavy atom. The average molecular weight is 1150 g/mol. The number of hydrogen-bond acceptors (Lipinski definition) is 21. The molecule has 0 aliphatic carbocycles. The summed E-state index contributed by atoms with van der Waals surface area (Å²) in [6.07, 6.45) is 3.65. The Morgan fingerprint density at radius 2 is 1.29 bits per heavy atom. The van der Waals surface area contributed by atoms with Gasteiger partial charge < -0.3 is 77.0 Å². The van der Waals surface area contributed by atoms with Crippen LogP contribution in [0.3, 0.4) is 0 Å². The lowest BCUT2D eigenvalue weighted by molar-refractivity contribution is -0.132. The molecule has 30 nitrogen and oxygen atoms in total. The van der Waals surface area contributed by atoms with Crippen LogP contribution in [0.1, 0.15) is 89.5 Å². The number of aliphatic hydroxyl groups excluding tert-OH is 1. The average Bonchev–Trinajstić information content (AvgIpc) is 4.44.